The number of carbonyl (C=O) groups is 3. The predicted octanol–water partition coefficient (Wildman–Crippen LogP) is 2.30. The molecule has 4 rings (SSSR count). The van der Waals surface area contributed by atoms with Crippen LogP contribution in [0.1, 0.15) is 24.0 Å². The number of hydrogen-bond acceptors (Lipinski definition) is 3. The molecule has 2 saturated heterocycles. The first-order valence-corrected chi connectivity index (χ1v) is 9.61. The monoisotopic (exact) mass is 377 g/mol. The summed E-state index contributed by atoms with van der Waals surface area (Å²) in [5.74, 6) is -0.551. The molecule has 2 aliphatic rings. The SMILES string of the molecule is O=C(CN1C(=O)N[C@](Cc2ccccc2)(c2ccccc2)C1=O)N1CCCC1. The first kappa shape index (κ1) is 18.2. The van der Waals surface area contributed by atoms with Gasteiger partial charge in [-0.25, -0.2) is 4.79 Å². The normalized spacial score (nSPS) is 21.9. The molecule has 2 aromatic rings. The van der Waals surface area contributed by atoms with Crippen LogP contribution in [0, 0.1) is 0 Å². The Labute approximate surface area is 164 Å². The number of carbonyl (C=O) groups excluding carboxylic acids is 3. The van der Waals surface area contributed by atoms with E-state index < -0.39 is 11.6 Å². The number of likely N-dealkylation sites (tertiary alicyclic amines) is 1. The minimum absolute atomic E-state index is 0.176. The van der Waals surface area contributed by atoms with Crippen molar-refractivity contribution in [2.75, 3.05) is 19.6 Å². The van der Waals surface area contributed by atoms with E-state index in [0.29, 0.717) is 25.1 Å². The van der Waals surface area contributed by atoms with Crippen molar-refractivity contribution in [3.63, 3.8) is 0 Å². The summed E-state index contributed by atoms with van der Waals surface area (Å²) in [6, 6.07) is 18.3. The quantitative estimate of drug-likeness (QED) is 0.813. The smallest absolute Gasteiger partial charge is 0.325 e. The number of hydrogen-bond donors (Lipinski definition) is 1. The Kier molecular flexibility index (Phi) is 4.86. The lowest BCUT2D eigenvalue weighted by Crippen LogP contribution is -2.47. The largest absolute Gasteiger partial charge is 0.341 e. The first-order chi connectivity index (χ1) is 13.6. The standard InChI is InChI=1S/C22H23N3O3/c26-19(24-13-7-8-14-24)16-25-20(27)22(23-21(25)28,18-11-5-2-6-12-18)15-17-9-3-1-4-10-17/h1-6,9-12H,7-8,13-16H2,(H,23,28)/t22-/m1/s1. The zero-order valence-electron chi connectivity index (χ0n) is 15.6. The van der Waals surface area contributed by atoms with E-state index >= 15 is 0 Å². The maximum absolute atomic E-state index is 13.5. The molecule has 4 amide bonds. The van der Waals surface area contributed by atoms with Gasteiger partial charge in [0, 0.05) is 19.5 Å². The third-order valence-electron chi connectivity index (χ3n) is 5.51. The molecule has 28 heavy (non-hydrogen) atoms. The summed E-state index contributed by atoms with van der Waals surface area (Å²) in [4.78, 5) is 41.5. The summed E-state index contributed by atoms with van der Waals surface area (Å²) in [7, 11) is 0. The van der Waals surface area contributed by atoms with Gasteiger partial charge in [-0.3, -0.25) is 14.5 Å². The van der Waals surface area contributed by atoms with E-state index in [0.717, 1.165) is 23.3 Å². The summed E-state index contributed by atoms with van der Waals surface area (Å²) in [5, 5.41) is 2.89. The van der Waals surface area contributed by atoms with Crippen LogP contribution in [0.15, 0.2) is 60.7 Å². The van der Waals surface area contributed by atoms with Crippen LogP contribution >= 0.6 is 0 Å². The highest BCUT2D eigenvalue weighted by molar-refractivity contribution is 6.09. The molecule has 6 nitrogen and oxygen atoms in total. The van der Waals surface area contributed by atoms with Gasteiger partial charge in [-0.1, -0.05) is 60.7 Å². The number of rotatable bonds is 5. The van der Waals surface area contributed by atoms with Gasteiger partial charge in [0.15, 0.2) is 5.54 Å². The molecule has 2 fully saturated rings. The number of imide groups is 1. The molecule has 2 aromatic carbocycles. The van der Waals surface area contributed by atoms with Gasteiger partial charge in [-0.05, 0) is 24.0 Å². The molecule has 1 N–H and O–H groups in total. The molecule has 0 aromatic heterocycles. The number of nitrogens with zero attached hydrogens (tertiary/aromatic N) is 2. The molecule has 2 heterocycles. The average Bonchev–Trinajstić information content (AvgIpc) is 3.34. The molecule has 0 unspecified atom stereocenters. The summed E-state index contributed by atoms with van der Waals surface area (Å²) in [6.45, 7) is 1.17. The topological polar surface area (TPSA) is 69.7 Å². The minimum atomic E-state index is -1.20. The molecular formula is C22H23N3O3. The zero-order chi connectivity index (χ0) is 19.6. The van der Waals surface area contributed by atoms with Gasteiger partial charge in [0.2, 0.25) is 5.91 Å². The van der Waals surface area contributed by atoms with Gasteiger partial charge in [0.1, 0.15) is 6.54 Å². The van der Waals surface area contributed by atoms with Crippen molar-refractivity contribution in [1.29, 1.82) is 0 Å². The van der Waals surface area contributed by atoms with Crippen molar-refractivity contribution in [3.8, 4) is 0 Å². The fraction of sp³-hybridized carbons (Fsp3) is 0.318. The highest BCUT2D eigenvalue weighted by Gasteiger charge is 2.52. The second-order valence-electron chi connectivity index (χ2n) is 7.34. The van der Waals surface area contributed by atoms with E-state index in [4.69, 9.17) is 0 Å². The molecule has 2 aliphatic heterocycles. The summed E-state index contributed by atoms with van der Waals surface area (Å²) in [6.07, 6.45) is 2.26. The highest BCUT2D eigenvalue weighted by Crippen LogP contribution is 2.33. The summed E-state index contributed by atoms with van der Waals surface area (Å²) in [5.41, 5.74) is 0.450. The van der Waals surface area contributed by atoms with Crippen LogP contribution < -0.4 is 5.32 Å². The van der Waals surface area contributed by atoms with Crippen molar-refractivity contribution in [3.05, 3.63) is 71.8 Å². The Morgan fingerprint density at radius 3 is 2.18 bits per heavy atom. The maximum atomic E-state index is 13.5. The van der Waals surface area contributed by atoms with Crippen LogP contribution in [0.25, 0.3) is 0 Å². The van der Waals surface area contributed by atoms with E-state index in [9.17, 15) is 14.4 Å². The second-order valence-corrected chi connectivity index (χ2v) is 7.34. The second kappa shape index (κ2) is 7.46. The lowest BCUT2D eigenvalue weighted by atomic mass is 9.83. The van der Waals surface area contributed by atoms with Crippen molar-refractivity contribution in [2.24, 2.45) is 0 Å². The predicted molar refractivity (Wildman–Crippen MR) is 104 cm³/mol. The van der Waals surface area contributed by atoms with E-state index in [1.807, 2.05) is 60.7 Å². The van der Waals surface area contributed by atoms with E-state index in [1.165, 1.54) is 0 Å². The Morgan fingerprint density at radius 2 is 1.54 bits per heavy atom. The van der Waals surface area contributed by atoms with Crippen molar-refractivity contribution < 1.29 is 14.4 Å². The number of amides is 4. The number of benzene rings is 2. The van der Waals surface area contributed by atoms with Crippen molar-refractivity contribution in [1.82, 2.24) is 15.1 Å². The van der Waals surface area contributed by atoms with Crippen LogP contribution in [0.2, 0.25) is 0 Å². The van der Waals surface area contributed by atoms with Gasteiger partial charge in [-0.2, -0.15) is 0 Å². The van der Waals surface area contributed by atoms with E-state index in [2.05, 4.69) is 5.32 Å². The van der Waals surface area contributed by atoms with Crippen LogP contribution in [-0.2, 0) is 21.5 Å². The Bertz CT molecular complexity index is 878. The Morgan fingerprint density at radius 1 is 0.929 bits per heavy atom. The molecular weight excluding hydrogens is 354 g/mol. The number of urea groups is 1. The maximum Gasteiger partial charge on any atom is 0.325 e. The van der Waals surface area contributed by atoms with Gasteiger partial charge in [0.05, 0.1) is 0 Å². The Balaban J connectivity index is 1.65. The third-order valence-corrected chi connectivity index (χ3v) is 5.51. The van der Waals surface area contributed by atoms with Crippen LogP contribution in [-0.4, -0.2) is 47.3 Å². The molecule has 0 spiro atoms. The van der Waals surface area contributed by atoms with Crippen molar-refractivity contribution >= 4 is 17.8 Å². The van der Waals surface area contributed by atoms with Crippen LogP contribution in [0.3, 0.4) is 0 Å². The zero-order valence-corrected chi connectivity index (χ0v) is 15.6. The third kappa shape index (κ3) is 3.26. The molecule has 144 valence electrons. The van der Waals surface area contributed by atoms with E-state index in [1.54, 1.807) is 4.90 Å². The number of nitrogens with one attached hydrogen (secondary N) is 1. The van der Waals surface area contributed by atoms with Crippen LogP contribution in [0.4, 0.5) is 4.79 Å². The van der Waals surface area contributed by atoms with Crippen LogP contribution in [0.5, 0.6) is 0 Å². The lowest BCUT2D eigenvalue weighted by molar-refractivity contribution is -0.138. The minimum Gasteiger partial charge on any atom is -0.341 e. The first-order valence-electron chi connectivity index (χ1n) is 9.61. The lowest BCUT2D eigenvalue weighted by Gasteiger charge is -2.28. The molecule has 1 atom stereocenters. The fourth-order valence-electron chi connectivity index (χ4n) is 4.01. The summed E-state index contributed by atoms with van der Waals surface area (Å²) < 4.78 is 0. The van der Waals surface area contributed by atoms with Gasteiger partial charge in [0.25, 0.3) is 5.91 Å². The van der Waals surface area contributed by atoms with Crippen molar-refractivity contribution in [2.45, 2.75) is 24.8 Å². The molecule has 0 radical (unpaired) electrons. The van der Waals surface area contributed by atoms with Gasteiger partial charge in [-0.15, -0.1) is 0 Å². The Hall–Kier alpha value is -3.15. The van der Waals surface area contributed by atoms with Gasteiger partial charge >= 0.3 is 6.03 Å². The molecule has 0 bridgehead atoms. The average molecular weight is 377 g/mol. The molecule has 0 saturated carbocycles. The molecule has 0 aliphatic carbocycles. The fourth-order valence-corrected chi connectivity index (χ4v) is 4.01. The highest BCUT2D eigenvalue weighted by atomic mass is 16.2. The van der Waals surface area contributed by atoms with E-state index in [-0.39, 0.29) is 18.4 Å². The summed E-state index contributed by atoms with van der Waals surface area (Å²) >= 11 is 0. The van der Waals surface area contributed by atoms with Gasteiger partial charge < -0.3 is 10.2 Å². The molecule has 6 heteroatoms.